The largest absolute Gasteiger partial charge is 0.491 e. The number of methoxy groups -OCH3 is 1. The number of nitrogens with one attached hydrogen (secondary N) is 2. The van der Waals surface area contributed by atoms with Gasteiger partial charge in [-0.1, -0.05) is 6.42 Å². The minimum atomic E-state index is -0.704. The van der Waals surface area contributed by atoms with Crippen LogP contribution >= 0.6 is 0 Å². The molecule has 0 aromatic heterocycles. The van der Waals surface area contributed by atoms with Crippen molar-refractivity contribution in [2.24, 2.45) is 10.4 Å². The second-order valence-corrected chi connectivity index (χ2v) is 7.09. The van der Waals surface area contributed by atoms with Gasteiger partial charge in [-0.3, -0.25) is 4.99 Å². The molecule has 0 heterocycles. The molecule has 1 aliphatic carbocycles. The van der Waals surface area contributed by atoms with Gasteiger partial charge in [-0.05, 0) is 55.9 Å². The Morgan fingerprint density at radius 1 is 1.30 bits per heavy atom. The summed E-state index contributed by atoms with van der Waals surface area (Å²) in [5, 5.41) is 16.5. The number of benzene rings is 1. The average Bonchev–Trinajstić information content (AvgIpc) is 2.64. The van der Waals surface area contributed by atoms with Gasteiger partial charge in [-0.15, -0.1) is 0 Å². The van der Waals surface area contributed by atoms with Gasteiger partial charge in [-0.2, -0.15) is 0 Å². The van der Waals surface area contributed by atoms with Gasteiger partial charge in [0.25, 0.3) is 0 Å². The predicted octanol–water partition coefficient (Wildman–Crippen LogP) is 2.33. The van der Waals surface area contributed by atoms with Gasteiger partial charge >= 0.3 is 0 Å². The minimum Gasteiger partial charge on any atom is -0.491 e. The zero-order chi connectivity index (χ0) is 19.5. The number of guanidine groups is 1. The van der Waals surface area contributed by atoms with E-state index in [-0.39, 0.29) is 17.8 Å². The Hall–Kier alpha value is -1.86. The fourth-order valence-corrected chi connectivity index (χ4v) is 3.07. The predicted molar refractivity (Wildman–Crippen MR) is 105 cm³/mol. The first-order chi connectivity index (χ1) is 13.1. The van der Waals surface area contributed by atoms with Crippen molar-refractivity contribution in [3.05, 3.63) is 30.1 Å². The van der Waals surface area contributed by atoms with Crippen LogP contribution < -0.4 is 15.4 Å². The highest BCUT2D eigenvalue weighted by Crippen LogP contribution is 2.44. The summed E-state index contributed by atoms with van der Waals surface area (Å²) in [6.45, 7) is 4.72. The third-order valence-corrected chi connectivity index (χ3v) is 4.93. The second kappa shape index (κ2) is 11.1. The van der Waals surface area contributed by atoms with Crippen LogP contribution in [-0.4, -0.2) is 57.1 Å². The Labute approximate surface area is 161 Å². The lowest BCUT2D eigenvalue weighted by atomic mass is 9.67. The van der Waals surface area contributed by atoms with Crippen LogP contribution in [0.5, 0.6) is 5.75 Å². The summed E-state index contributed by atoms with van der Waals surface area (Å²) in [4.78, 5) is 4.71. The van der Waals surface area contributed by atoms with Crippen LogP contribution in [0.1, 0.15) is 32.6 Å². The van der Waals surface area contributed by atoms with Crippen molar-refractivity contribution in [3.63, 3.8) is 0 Å². The molecule has 0 spiro atoms. The smallest absolute Gasteiger partial charge is 0.191 e. The average molecular weight is 381 g/mol. The minimum absolute atomic E-state index is 0.121. The molecule has 2 rings (SSSR count). The number of aliphatic hydroxyl groups excluding tert-OH is 1. The number of rotatable bonds is 11. The van der Waals surface area contributed by atoms with Crippen LogP contribution in [0.2, 0.25) is 0 Å². The Morgan fingerprint density at radius 2 is 2.04 bits per heavy atom. The molecule has 1 aromatic rings. The number of aliphatic imine (C=N–C) groups is 1. The number of nitrogens with zero attached hydrogens (tertiary/aromatic N) is 1. The molecule has 1 atom stereocenters. The molecule has 1 unspecified atom stereocenters. The van der Waals surface area contributed by atoms with Crippen LogP contribution in [0.15, 0.2) is 29.3 Å². The molecular formula is C20H32FN3O3. The SMILES string of the molecule is CCNC(=NCC1(CCOC)CCC1)NCC(O)COc1ccc(F)cc1. The Morgan fingerprint density at radius 3 is 2.63 bits per heavy atom. The molecule has 0 aliphatic heterocycles. The Balaban J connectivity index is 1.77. The number of ether oxygens (including phenoxy) is 2. The van der Waals surface area contributed by atoms with E-state index in [1.165, 1.54) is 31.4 Å². The van der Waals surface area contributed by atoms with Gasteiger partial charge < -0.3 is 25.2 Å². The lowest BCUT2D eigenvalue weighted by Crippen LogP contribution is -2.44. The zero-order valence-corrected chi connectivity index (χ0v) is 16.3. The fraction of sp³-hybridized carbons (Fsp3) is 0.650. The molecule has 1 fully saturated rings. The number of hydrogen-bond donors (Lipinski definition) is 3. The number of halogens is 1. The topological polar surface area (TPSA) is 75.1 Å². The molecule has 1 aliphatic rings. The molecule has 1 saturated carbocycles. The second-order valence-electron chi connectivity index (χ2n) is 7.09. The maximum absolute atomic E-state index is 12.9. The van der Waals surface area contributed by atoms with E-state index in [2.05, 4.69) is 10.6 Å². The molecule has 3 N–H and O–H groups in total. The van der Waals surface area contributed by atoms with E-state index in [1.54, 1.807) is 19.2 Å². The molecule has 7 heteroatoms. The fourth-order valence-electron chi connectivity index (χ4n) is 3.07. The monoisotopic (exact) mass is 381 g/mol. The van der Waals surface area contributed by atoms with Gasteiger partial charge in [-0.25, -0.2) is 4.39 Å². The standard InChI is InChI=1S/C20H32FN3O3/c1-3-22-19(24-15-20(9-4-10-20)11-12-26-2)23-13-17(25)14-27-18-7-5-16(21)6-8-18/h5-8,17,25H,3-4,9-15H2,1-2H3,(H2,22,23,24). The van der Waals surface area contributed by atoms with Gasteiger partial charge in [0.2, 0.25) is 0 Å². The first-order valence-corrected chi connectivity index (χ1v) is 9.64. The highest BCUT2D eigenvalue weighted by Gasteiger charge is 2.36. The third-order valence-electron chi connectivity index (χ3n) is 4.93. The summed E-state index contributed by atoms with van der Waals surface area (Å²) in [6.07, 6.45) is 3.95. The zero-order valence-electron chi connectivity index (χ0n) is 16.3. The molecule has 0 bridgehead atoms. The Kier molecular flexibility index (Phi) is 8.81. The quantitative estimate of drug-likeness (QED) is 0.405. The van der Waals surface area contributed by atoms with E-state index in [1.807, 2.05) is 6.92 Å². The first kappa shape index (κ1) is 21.4. The summed E-state index contributed by atoms with van der Waals surface area (Å²) in [6, 6.07) is 5.74. The summed E-state index contributed by atoms with van der Waals surface area (Å²) in [5.74, 6) is 0.911. The van der Waals surface area contributed by atoms with Crippen LogP contribution in [-0.2, 0) is 4.74 Å². The van der Waals surface area contributed by atoms with E-state index in [0.29, 0.717) is 18.3 Å². The summed E-state index contributed by atoms with van der Waals surface area (Å²) < 4.78 is 23.6. The van der Waals surface area contributed by atoms with Crippen molar-refractivity contribution in [3.8, 4) is 5.75 Å². The molecule has 152 valence electrons. The van der Waals surface area contributed by atoms with E-state index in [4.69, 9.17) is 14.5 Å². The maximum atomic E-state index is 12.9. The van der Waals surface area contributed by atoms with E-state index >= 15 is 0 Å². The first-order valence-electron chi connectivity index (χ1n) is 9.64. The molecule has 6 nitrogen and oxygen atoms in total. The molecule has 0 amide bonds. The third kappa shape index (κ3) is 7.34. The summed E-state index contributed by atoms with van der Waals surface area (Å²) in [7, 11) is 1.73. The van der Waals surface area contributed by atoms with Crippen molar-refractivity contribution in [2.75, 3.05) is 40.0 Å². The highest BCUT2D eigenvalue weighted by molar-refractivity contribution is 5.79. The summed E-state index contributed by atoms with van der Waals surface area (Å²) >= 11 is 0. The van der Waals surface area contributed by atoms with Crippen LogP contribution in [0.4, 0.5) is 4.39 Å². The highest BCUT2D eigenvalue weighted by atomic mass is 19.1. The van der Waals surface area contributed by atoms with Crippen molar-refractivity contribution >= 4 is 5.96 Å². The molecule has 0 radical (unpaired) electrons. The van der Waals surface area contributed by atoms with Crippen LogP contribution in [0.25, 0.3) is 0 Å². The van der Waals surface area contributed by atoms with Gasteiger partial charge in [0.05, 0.1) is 0 Å². The normalized spacial score (nSPS) is 17.1. The lowest BCUT2D eigenvalue weighted by molar-refractivity contribution is 0.0777. The van der Waals surface area contributed by atoms with Crippen molar-refractivity contribution in [1.82, 2.24) is 10.6 Å². The number of aliphatic hydroxyl groups is 1. The van der Waals surface area contributed by atoms with E-state index < -0.39 is 6.10 Å². The van der Waals surface area contributed by atoms with Crippen LogP contribution in [0, 0.1) is 11.2 Å². The summed E-state index contributed by atoms with van der Waals surface area (Å²) in [5.41, 5.74) is 0.253. The van der Waals surface area contributed by atoms with E-state index in [0.717, 1.165) is 26.1 Å². The van der Waals surface area contributed by atoms with Gasteiger partial charge in [0, 0.05) is 33.4 Å². The molecular weight excluding hydrogens is 349 g/mol. The maximum Gasteiger partial charge on any atom is 0.191 e. The molecule has 0 saturated heterocycles. The number of hydrogen-bond acceptors (Lipinski definition) is 4. The van der Waals surface area contributed by atoms with Crippen molar-refractivity contribution in [1.29, 1.82) is 0 Å². The van der Waals surface area contributed by atoms with Gasteiger partial charge in [0.15, 0.2) is 5.96 Å². The molecule has 1 aromatic carbocycles. The van der Waals surface area contributed by atoms with Crippen LogP contribution in [0.3, 0.4) is 0 Å². The van der Waals surface area contributed by atoms with Gasteiger partial charge in [0.1, 0.15) is 24.3 Å². The van der Waals surface area contributed by atoms with Crippen molar-refractivity contribution < 1.29 is 19.0 Å². The van der Waals surface area contributed by atoms with Crippen molar-refractivity contribution in [2.45, 2.75) is 38.7 Å². The lowest BCUT2D eigenvalue weighted by Gasteiger charge is -2.40. The Bertz CT molecular complexity index is 576. The van der Waals surface area contributed by atoms with E-state index in [9.17, 15) is 9.50 Å². The molecule has 27 heavy (non-hydrogen) atoms.